The monoisotopic (exact) mass is 336 g/mol. The highest BCUT2D eigenvalue weighted by atomic mass is 32.2. The van der Waals surface area contributed by atoms with Crippen molar-refractivity contribution in [1.29, 1.82) is 0 Å². The van der Waals surface area contributed by atoms with E-state index in [0.717, 1.165) is 22.4 Å². The number of sulfone groups is 1. The highest BCUT2D eigenvalue weighted by Crippen LogP contribution is 2.31. The fourth-order valence-corrected chi connectivity index (χ4v) is 3.13. The Hall–Kier alpha value is -2.84. The summed E-state index contributed by atoms with van der Waals surface area (Å²) in [6.45, 7) is 0.376. The first-order chi connectivity index (χ1) is 11.5. The molecule has 120 valence electrons. The lowest BCUT2D eigenvalue weighted by molar-refractivity contribution is 0.602. The van der Waals surface area contributed by atoms with Crippen molar-refractivity contribution in [2.24, 2.45) is 0 Å². The summed E-state index contributed by atoms with van der Waals surface area (Å²) in [6, 6.07) is 16.6. The van der Waals surface area contributed by atoms with Gasteiger partial charge in [0.05, 0.1) is 4.90 Å². The van der Waals surface area contributed by atoms with E-state index < -0.39 is 9.84 Å². The van der Waals surface area contributed by atoms with Gasteiger partial charge in [-0.05, 0) is 17.7 Å². The summed E-state index contributed by atoms with van der Waals surface area (Å²) in [6.07, 6.45) is 8.49. The molecule has 3 rings (SSSR count). The first-order valence-corrected chi connectivity index (χ1v) is 9.25. The van der Waals surface area contributed by atoms with Gasteiger partial charge in [0.25, 0.3) is 0 Å². The van der Waals surface area contributed by atoms with Crippen LogP contribution in [0.1, 0.15) is 0 Å². The first-order valence-electron chi connectivity index (χ1n) is 7.36. The Bertz CT molecular complexity index is 996. The number of rotatable bonds is 4. The van der Waals surface area contributed by atoms with Gasteiger partial charge in [-0.3, -0.25) is 4.68 Å². The molecule has 0 aliphatic rings. The average Bonchev–Trinajstić information content (AvgIpc) is 2.99. The van der Waals surface area contributed by atoms with Crippen LogP contribution in [-0.2, 0) is 16.4 Å². The maximum absolute atomic E-state index is 11.6. The van der Waals surface area contributed by atoms with E-state index in [9.17, 15) is 8.42 Å². The molecule has 0 spiro atoms. The standard InChI is InChI=1S/C19H16N2O2S/c1-3-13-21-14-18(15-7-5-4-6-8-15)19(20-21)16-9-11-17(12-10-16)24(2,22)23/h1,4-12,14H,13H2,2H3. The third kappa shape index (κ3) is 3.24. The smallest absolute Gasteiger partial charge is 0.175 e. The van der Waals surface area contributed by atoms with Gasteiger partial charge in [-0.25, -0.2) is 8.42 Å². The zero-order chi connectivity index (χ0) is 17.2. The van der Waals surface area contributed by atoms with Crippen LogP contribution < -0.4 is 0 Å². The Labute approximate surface area is 141 Å². The molecule has 0 atom stereocenters. The third-order valence-electron chi connectivity index (χ3n) is 3.66. The molecule has 1 heterocycles. The maximum atomic E-state index is 11.6. The molecule has 0 saturated heterocycles. The van der Waals surface area contributed by atoms with Crippen LogP contribution in [0.4, 0.5) is 0 Å². The normalized spacial score (nSPS) is 11.2. The summed E-state index contributed by atoms with van der Waals surface area (Å²) in [7, 11) is -3.22. The second-order valence-corrected chi connectivity index (χ2v) is 7.47. The number of hydrogen-bond donors (Lipinski definition) is 0. The second-order valence-electron chi connectivity index (χ2n) is 5.46. The molecular formula is C19H16N2O2S. The van der Waals surface area contributed by atoms with Crippen LogP contribution in [0.25, 0.3) is 22.4 Å². The number of terminal acetylenes is 1. The largest absolute Gasteiger partial charge is 0.259 e. The predicted molar refractivity (Wildman–Crippen MR) is 95.0 cm³/mol. The van der Waals surface area contributed by atoms with Crippen LogP contribution in [0.15, 0.2) is 65.7 Å². The molecular weight excluding hydrogens is 320 g/mol. The van der Waals surface area contributed by atoms with Gasteiger partial charge in [-0.2, -0.15) is 5.10 Å². The lowest BCUT2D eigenvalue weighted by atomic mass is 10.0. The molecule has 0 aliphatic heterocycles. The minimum absolute atomic E-state index is 0.288. The summed E-state index contributed by atoms with van der Waals surface area (Å²) in [5, 5.41) is 4.56. The van der Waals surface area contributed by atoms with Crippen molar-refractivity contribution in [3.63, 3.8) is 0 Å². The van der Waals surface area contributed by atoms with E-state index >= 15 is 0 Å². The summed E-state index contributed by atoms with van der Waals surface area (Å²) in [5.41, 5.74) is 3.61. The summed E-state index contributed by atoms with van der Waals surface area (Å²) in [4.78, 5) is 0.288. The molecule has 0 N–H and O–H groups in total. The maximum Gasteiger partial charge on any atom is 0.175 e. The van der Waals surface area contributed by atoms with Crippen molar-refractivity contribution in [3.05, 3.63) is 60.8 Å². The lowest BCUT2D eigenvalue weighted by Crippen LogP contribution is -1.97. The Kier molecular flexibility index (Phi) is 4.24. The molecule has 1 aromatic heterocycles. The molecule has 0 aliphatic carbocycles. The zero-order valence-electron chi connectivity index (χ0n) is 13.2. The molecule has 0 radical (unpaired) electrons. The van der Waals surface area contributed by atoms with E-state index in [1.54, 1.807) is 28.9 Å². The van der Waals surface area contributed by atoms with Crippen molar-refractivity contribution < 1.29 is 8.42 Å². The minimum atomic E-state index is -3.22. The van der Waals surface area contributed by atoms with Crippen molar-refractivity contribution in [1.82, 2.24) is 9.78 Å². The zero-order valence-corrected chi connectivity index (χ0v) is 14.0. The number of aromatic nitrogens is 2. The Morgan fingerprint density at radius 2 is 1.71 bits per heavy atom. The van der Waals surface area contributed by atoms with Crippen LogP contribution in [0.2, 0.25) is 0 Å². The van der Waals surface area contributed by atoms with Gasteiger partial charge in [0.15, 0.2) is 9.84 Å². The van der Waals surface area contributed by atoms with Crippen LogP contribution in [0, 0.1) is 12.3 Å². The number of nitrogens with zero attached hydrogens (tertiary/aromatic N) is 2. The SMILES string of the molecule is C#CCn1cc(-c2ccccc2)c(-c2ccc(S(C)(=O)=O)cc2)n1. The van der Waals surface area contributed by atoms with Gasteiger partial charge in [0.2, 0.25) is 0 Å². The van der Waals surface area contributed by atoms with E-state index in [1.165, 1.54) is 6.26 Å². The summed E-state index contributed by atoms with van der Waals surface area (Å²) < 4.78 is 24.9. The molecule has 0 saturated carbocycles. The van der Waals surface area contributed by atoms with Gasteiger partial charge >= 0.3 is 0 Å². The molecule has 0 amide bonds. The van der Waals surface area contributed by atoms with Crippen LogP contribution in [0.3, 0.4) is 0 Å². The highest BCUT2D eigenvalue weighted by Gasteiger charge is 2.14. The first kappa shape index (κ1) is 16.0. The fraction of sp³-hybridized carbons (Fsp3) is 0.105. The Morgan fingerprint density at radius 1 is 1.04 bits per heavy atom. The molecule has 4 nitrogen and oxygen atoms in total. The van der Waals surface area contributed by atoms with E-state index in [-0.39, 0.29) is 4.90 Å². The predicted octanol–water partition coefficient (Wildman–Crippen LogP) is 3.25. The molecule has 5 heteroatoms. The summed E-state index contributed by atoms with van der Waals surface area (Å²) in [5.74, 6) is 2.58. The van der Waals surface area contributed by atoms with Crippen LogP contribution in [-0.4, -0.2) is 24.5 Å². The quantitative estimate of drug-likeness (QED) is 0.687. The van der Waals surface area contributed by atoms with Crippen molar-refractivity contribution in [2.75, 3.05) is 6.26 Å². The van der Waals surface area contributed by atoms with Crippen molar-refractivity contribution >= 4 is 9.84 Å². The molecule has 24 heavy (non-hydrogen) atoms. The van der Waals surface area contributed by atoms with E-state index in [4.69, 9.17) is 6.42 Å². The van der Waals surface area contributed by atoms with Crippen molar-refractivity contribution in [2.45, 2.75) is 11.4 Å². The summed E-state index contributed by atoms with van der Waals surface area (Å²) >= 11 is 0. The van der Waals surface area contributed by atoms with E-state index in [2.05, 4.69) is 11.0 Å². The van der Waals surface area contributed by atoms with Crippen molar-refractivity contribution in [3.8, 4) is 34.7 Å². The Balaban J connectivity index is 2.11. The second kappa shape index (κ2) is 6.34. The fourth-order valence-electron chi connectivity index (χ4n) is 2.50. The van der Waals surface area contributed by atoms with E-state index in [0.29, 0.717) is 6.54 Å². The molecule has 0 bridgehead atoms. The number of hydrogen-bond acceptors (Lipinski definition) is 3. The molecule has 2 aromatic carbocycles. The molecule has 0 fully saturated rings. The van der Waals surface area contributed by atoms with Crippen LogP contribution in [0.5, 0.6) is 0 Å². The Morgan fingerprint density at radius 3 is 2.29 bits per heavy atom. The lowest BCUT2D eigenvalue weighted by Gasteiger charge is -2.04. The van der Waals surface area contributed by atoms with Gasteiger partial charge in [0, 0.05) is 23.6 Å². The highest BCUT2D eigenvalue weighted by molar-refractivity contribution is 7.90. The van der Waals surface area contributed by atoms with Gasteiger partial charge in [-0.15, -0.1) is 6.42 Å². The van der Waals surface area contributed by atoms with Gasteiger partial charge in [-0.1, -0.05) is 48.4 Å². The van der Waals surface area contributed by atoms with Crippen LogP contribution >= 0.6 is 0 Å². The minimum Gasteiger partial charge on any atom is -0.259 e. The molecule has 3 aromatic rings. The van der Waals surface area contributed by atoms with E-state index in [1.807, 2.05) is 36.5 Å². The van der Waals surface area contributed by atoms with Gasteiger partial charge < -0.3 is 0 Å². The molecule has 0 unspecified atom stereocenters. The third-order valence-corrected chi connectivity index (χ3v) is 4.78. The average molecular weight is 336 g/mol. The van der Waals surface area contributed by atoms with Gasteiger partial charge in [0.1, 0.15) is 12.2 Å². The number of benzene rings is 2. The topological polar surface area (TPSA) is 52.0 Å².